The van der Waals surface area contributed by atoms with Gasteiger partial charge in [0.25, 0.3) is 0 Å². The molecule has 2 N–H and O–H groups in total. The van der Waals surface area contributed by atoms with E-state index in [1.54, 1.807) is 0 Å². The molecule has 2 aliphatic rings. The van der Waals surface area contributed by atoms with Gasteiger partial charge in [-0.25, -0.2) is 15.0 Å². The summed E-state index contributed by atoms with van der Waals surface area (Å²) in [7, 11) is 0. The van der Waals surface area contributed by atoms with Crippen molar-refractivity contribution >= 4 is 22.5 Å². The molecule has 0 amide bonds. The van der Waals surface area contributed by atoms with Crippen LogP contribution in [0.2, 0.25) is 0 Å². The molecule has 1 atom stereocenters. The van der Waals surface area contributed by atoms with E-state index in [1.807, 2.05) is 19.2 Å². The molecule has 3 aromatic rings. The van der Waals surface area contributed by atoms with Crippen LogP contribution >= 0.6 is 0 Å². The van der Waals surface area contributed by atoms with E-state index in [-0.39, 0.29) is 0 Å². The van der Waals surface area contributed by atoms with Crippen LogP contribution in [0.5, 0.6) is 0 Å². The van der Waals surface area contributed by atoms with Crippen molar-refractivity contribution in [2.24, 2.45) is 5.92 Å². The topological polar surface area (TPSA) is 75.2 Å². The Morgan fingerprint density at radius 3 is 2.77 bits per heavy atom. The molecule has 1 aromatic carbocycles. The average molecular weight is 419 g/mol. The Hall–Kier alpha value is -2.77. The molecule has 0 aliphatic carbocycles. The standard InChI is InChI=1S/C24H30N6O/c1-17-14-26-23-22(28-17)13-21(29-24(23)27-16-18-3-2-8-25-15-18)19-4-6-20(7-5-19)30-9-11-31-12-10-30/h4-7,13-14,18,25H,2-3,8-12,15-16H2,1H3,(H,27,29). The third-order valence-electron chi connectivity index (χ3n) is 6.15. The second-order valence-electron chi connectivity index (χ2n) is 8.47. The fraction of sp³-hybridized carbons (Fsp3) is 0.458. The zero-order valence-electron chi connectivity index (χ0n) is 18.1. The molecule has 0 radical (unpaired) electrons. The fourth-order valence-corrected chi connectivity index (χ4v) is 4.39. The van der Waals surface area contributed by atoms with Crippen molar-refractivity contribution in [2.45, 2.75) is 19.8 Å². The predicted molar refractivity (Wildman–Crippen MR) is 125 cm³/mol. The van der Waals surface area contributed by atoms with E-state index < -0.39 is 0 Å². The number of anilines is 2. The Kier molecular flexibility index (Phi) is 5.95. The number of ether oxygens (including phenoxy) is 1. The highest BCUT2D eigenvalue weighted by atomic mass is 16.5. The number of morpholine rings is 1. The highest BCUT2D eigenvalue weighted by molar-refractivity contribution is 5.88. The van der Waals surface area contributed by atoms with Crippen LogP contribution in [-0.2, 0) is 4.74 Å². The summed E-state index contributed by atoms with van der Waals surface area (Å²) in [6.07, 6.45) is 4.29. The number of pyridine rings is 1. The van der Waals surface area contributed by atoms with Crippen molar-refractivity contribution in [3.05, 3.63) is 42.2 Å². The maximum absolute atomic E-state index is 5.47. The number of piperidine rings is 1. The van der Waals surface area contributed by atoms with Gasteiger partial charge in [-0.05, 0) is 57.0 Å². The summed E-state index contributed by atoms with van der Waals surface area (Å²) in [6.45, 7) is 8.50. The molecule has 7 heteroatoms. The van der Waals surface area contributed by atoms with Gasteiger partial charge in [0, 0.05) is 37.1 Å². The molecule has 2 saturated heterocycles. The molecule has 31 heavy (non-hydrogen) atoms. The first kappa shape index (κ1) is 20.2. The maximum Gasteiger partial charge on any atom is 0.154 e. The summed E-state index contributed by atoms with van der Waals surface area (Å²) in [6, 6.07) is 10.7. The van der Waals surface area contributed by atoms with Gasteiger partial charge < -0.3 is 20.3 Å². The third kappa shape index (κ3) is 4.62. The molecule has 2 fully saturated rings. The van der Waals surface area contributed by atoms with Gasteiger partial charge in [0.2, 0.25) is 0 Å². The van der Waals surface area contributed by atoms with E-state index in [1.165, 1.54) is 18.5 Å². The van der Waals surface area contributed by atoms with Crippen molar-refractivity contribution in [1.29, 1.82) is 0 Å². The zero-order chi connectivity index (χ0) is 21.0. The number of rotatable bonds is 5. The van der Waals surface area contributed by atoms with E-state index >= 15 is 0 Å². The largest absolute Gasteiger partial charge is 0.378 e. The van der Waals surface area contributed by atoms with Crippen molar-refractivity contribution in [3.8, 4) is 11.3 Å². The lowest BCUT2D eigenvalue weighted by atomic mass is 10.00. The summed E-state index contributed by atoms with van der Waals surface area (Å²) in [5.41, 5.74) is 5.87. The minimum absolute atomic E-state index is 0.612. The van der Waals surface area contributed by atoms with Crippen LogP contribution in [-0.4, -0.2) is 60.9 Å². The molecule has 4 heterocycles. The Morgan fingerprint density at radius 1 is 1.16 bits per heavy atom. The third-order valence-corrected chi connectivity index (χ3v) is 6.15. The van der Waals surface area contributed by atoms with Crippen LogP contribution in [0.1, 0.15) is 18.5 Å². The van der Waals surface area contributed by atoms with Crippen LogP contribution in [0.3, 0.4) is 0 Å². The van der Waals surface area contributed by atoms with E-state index in [4.69, 9.17) is 14.7 Å². The second-order valence-corrected chi connectivity index (χ2v) is 8.47. The van der Waals surface area contributed by atoms with E-state index in [2.05, 4.69) is 44.8 Å². The predicted octanol–water partition coefficient (Wildman–Crippen LogP) is 3.25. The van der Waals surface area contributed by atoms with Gasteiger partial charge in [0.05, 0.1) is 30.1 Å². The Bertz CT molecular complexity index is 1030. The van der Waals surface area contributed by atoms with Gasteiger partial charge in [0.15, 0.2) is 5.82 Å². The summed E-state index contributed by atoms with van der Waals surface area (Å²) in [5, 5.41) is 7.06. The first-order chi connectivity index (χ1) is 15.3. The zero-order valence-corrected chi connectivity index (χ0v) is 18.1. The van der Waals surface area contributed by atoms with E-state index in [0.717, 1.165) is 79.7 Å². The molecular formula is C24H30N6O. The number of hydrogen-bond acceptors (Lipinski definition) is 7. The van der Waals surface area contributed by atoms with Gasteiger partial charge in [0.1, 0.15) is 5.52 Å². The van der Waals surface area contributed by atoms with Crippen LogP contribution in [0.15, 0.2) is 36.5 Å². The Labute approximate surface area is 183 Å². The molecule has 0 spiro atoms. The number of hydrogen-bond donors (Lipinski definition) is 2. The molecule has 0 saturated carbocycles. The minimum atomic E-state index is 0.612. The van der Waals surface area contributed by atoms with Crippen LogP contribution in [0.25, 0.3) is 22.3 Å². The minimum Gasteiger partial charge on any atom is -0.378 e. The van der Waals surface area contributed by atoms with Crippen LogP contribution < -0.4 is 15.5 Å². The van der Waals surface area contributed by atoms with E-state index in [9.17, 15) is 0 Å². The molecule has 7 nitrogen and oxygen atoms in total. The molecular weight excluding hydrogens is 388 g/mol. The summed E-state index contributed by atoms with van der Waals surface area (Å²) >= 11 is 0. The van der Waals surface area contributed by atoms with Gasteiger partial charge in [-0.2, -0.15) is 0 Å². The Morgan fingerprint density at radius 2 is 2.00 bits per heavy atom. The number of aromatic nitrogens is 3. The number of aryl methyl sites for hydroxylation is 1. The molecule has 2 aliphatic heterocycles. The summed E-state index contributed by atoms with van der Waals surface area (Å²) < 4.78 is 5.47. The SMILES string of the molecule is Cc1cnc2c(NCC3CCCNC3)nc(-c3ccc(N4CCOCC4)cc3)cc2n1. The molecule has 5 rings (SSSR count). The lowest BCUT2D eigenvalue weighted by Gasteiger charge is -2.28. The molecule has 1 unspecified atom stereocenters. The lowest BCUT2D eigenvalue weighted by Crippen LogP contribution is -2.36. The first-order valence-electron chi connectivity index (χ1n) is 11.3. The van der Waals surface area contributed by atoms with Gasteiger partial charge in [-0.3, -0.25) is 0 Å². The van der Waals surface area contributed by atoms with Gasteiger partial charge >= 0.3 is 0 Å². The monoisotopic (exact) mass is 418 g/mol. The summed E-state index contributed by atoms with van der Waals surface area (Å²) in [5.74, 6) is 1.43. The van der Waals surface area contributed by atoms with Crippen molar-refractivity contribution < 1.29 is 4.74 Å². The molecule has 0 bridgehead atoms. The highest BCUT2D eigenvalue weighted by Gasteiger charge is 2.16. The lowest BCUT2D eigenvalue weighted by molar-refractivity contribution is 0.122. The van der Waals surface area contributed by atoms with Crippen molar-refractivity contribution in [1.82, 2.24) is 20.3 Å². The quantitative estimate of drug-likeness (QED) is 0.659. The highest BCUT2D eigenvalue weighted by Crippen LogP contribution is 2.28. The second kappa shape index (κ2) is 9.16. The van der Waals surface area contributed by atoms with Crippen LogP contribution in [0.4, 0.5) is 11.5 Å². The fourth-order valence-electron chi connectivity index (χ4n) is 4.39. The first-order valence-corrected chi connectivity index (χ1v) is 11.3. The normalized spacial score (nSPS) is 19.5. The number of fused-ring (bicyclic) bond motifs is 1. The molecule has 2 aromatic heterocycles. The van der Waals surface area contributed by atoms with Crippen molar-refractivity contribution in [2.75, 3.05) is 56.2 Å². The van der Waals surface area contributed by atoms with Gasteiger partial charge in [-0.1, -0.05) is 12.1 Å². The van der Waals surface area contributed by atoms with E-state index in [0.29, 0.717) is 5.92 Å². The Balaban J connectivity index is 1.43. The maximum atomic E-state index is 5.47. The van der Waals surface area contributed by atoms with Gasteiger partial charge in [-0.15, -0.1) is 0 Å². The van der Waals surface area contributed by atoms with Crippen molar-refractivity contribution in [3.63, 3.8) is 0 Å². The number of nitrogens with one attached hydrogen (secondary N) is 2. The number of benzene rings is 1. The molecule has 162 valence electrons. The van der Waals surface area contributed by atoms with Crippen LogP contribution in [0, 0.1) is 12.8 Å². The summed E-state index contributed by atoms with van der Waals surface area (Å²) in [4.78, 5) is 16.7. The number of nitrogens with zero attached hydrogens (tertiary/aromatic N) is 4. The average Bonchev–Trinajstić information content (AvgIpc) is 2.83. The smallest absolute Gasteiger partial charge is 0.154 e.